The van der Waals surface area contributed by atoms with E-state index in [-0.39, 0.29) is 36.1 Å². The molecule has 182 valence electrons. The Labute approximate surface area is 199 Å². The molecule has 0 unspecified atom stereocenters. The van der Waals surface area contributed by atoms with Crippen LogP contribution in [0, 0.1) is 0 Å². The summed E-state index contributed by atoms with van der Waals surface area (Å²) in [6.45, 7) is 4.59. The number of fused-ring (bicyclic) bond motifs is 2. The van der Waals surface area contributed by atoms with Crippen LogP contribution < -0.4 is 29.6 Å². The molecule has 2 aliphatic rings. The molecule has 0 aliphatic carbocycles. The summed E-state index contributed by atoms with van der Waals surface area (Å²) in [5, 5.41) is 5.95. The highest BCUT2D eigenvalue weighted by Crippen LogP contribution is 2.32. The first-order chi connectivity index (χ1) is 16.5. The number of carbonyl (C=O) groups excluding carboxylic acids is 2. The van der Waals surface area contributed by atoms with Crippen molar-refractivity contribution in [3.05, 3.63) is 48.5 Å². The van der Waals surface area contributed by atoms with Gasteiger partial charge in [-0.25, -0.2) is 0 Å². The average molecular weight is 469 g/mol. The molecule has 4 atom stereocenters. The second-order valence-corrected chi connectivity index (χ2v) is 8.75. The van der Waals surface area contributed by atoms with Crippen LogP contribution in [-0.4, -0.2) is 49.3 Å². The third-order valence-corrected chi connectivity index (χ3v) is 6.01. The topological polar surface area (TPSA) is 95.1 Å². The second-order valence-electron chi connectivity index (χ2n) is 8.75. The lowest BCUT2D eigenvalue weighted by Crippen LogP contribution is -2.48. The van der Waals surface area contributed by atoms with Gasteiger partial charge in [-0.15, -0.1) is 0 Å². The molecule has 2 amide bonds. The van der Waals surface area contributed by atoms with Crippen molar-refractivity contribution >= 4 is 11.8 Å². The van der Waals surface area contributed by atoms with Crippen molar-refractivity contribution in [2.24, 2.45) is 0 Å². The number of unbranched alkanes of at least 4 members (excludes halogenated alkanes) is 1. The third kappa shape index (κ3) is 6.12. The Kier molecular flexibility index (Phi) is 7.77. The number of ether oxygens (including phenoxy) is 4. The van der Waals surface area contributed by atoms with Crippen LogP contribution in [-0.2, 0) is 9.59 Å². The van der Waals surface area contributed by atoms with E-state index in [1.54, 1.807) is 0 Å². The zero-order valence-corrected chi connectivity index (χ0v) is 19.6. The van der Waals surface area contributed by atoms with Crippen molar-refractivity contribution in [2.75, 3.05) is 13.2 Å². The summed E-state index contributed by atoms with van der Waals surface area (Å²) < 4.78 is 23.3. The Balaban J connectivity index is 1.11. The van der Waals surface area contributed by atoms with Gasteiger partial charge < -0.3 is 29.6 Å². The van der Waals surface area contributed by atoms with E-state index in [4.69, 9.17) is 18.9 Å². The van der Waals surface area contributed by atoms with Gasteiger partial charge in [0.2, 0.25) is 11.8 Å². The summed E-state index contributed by atoms with van der Waals surface area (Å²) in [5.74, 6) is 2.70. The average Bonchev–Trinajstić information content (AvgIpc) is 2.86. The van der Waals surface area contributed by atoms with E-state index < -0.39 is 0 Å². The van der Waals surface area contributed by atoms with Crippen LogP contribution in [0.1, 0.15) is 39.5 Å². The molecule has 0 spiro atoms. The fraction of sp³-hybridized carbons (Fsp3) is 0.462. The van der Waals surface area contributed by atoms with Crippen molar-refractivity contribution in [3.8, 4) is 23.0 Å². The molecule has 0 radical (unpaired) electrons. The summed E-state index contributed by atoms with van der Waals surface area (Å²) in [6, 6.07) is 14.6. The van der Waals surface area contributed by atoms with Gasteiger partial charge in [0.1, 0.15) is 13.2 Å². The van der Waals surface area contributed by atoms with Crippen molar-refractivity contribution in [1.82, 2.24) is 10.6 Å². The van der Waals surface area contributed by atoms with Crippen LogP contribution in [0.15, 0.2) is 48.5 Å². The first-order valence-electron chi connectivity index (χ1n) is 11.9. The number of nitrogens with one attached hydrogen (secondary N) is 2. The predicted octanol–water partition coefficient (Wildman–Crippen LogP) is 3.24. The van der Waals surface area contributed by atoms with Gasteiger partial charge in [0.25, 0.3) is 0 Å². The lowest BCUT2D eigenvalue weighted by Gasteiger charge is -2.31. The van der Waals surface area contributed by atoms with Gasteiger partial charge in [-0.3, -0.25) is 9.59 Å². The molecule has 0 saturated carbocycles. The first-order valence-corrected chi connectivity index (χ1v) is 11.9. The van der Waals surface area contributed by atoms with E-state index in [1.807, 2.05) is 62.4 Å². The quantitative estimate of drug-likeness (QED) is 0.549. The highest BCUT2D eigenvalue weighted by atomic mass is 16.6. The van der Waals surface area contributed by atoms with E-state index in [0.717, 1.165) is 11.5 Å². The van der Waals surface area contributed by atoms with E-state index in [2.05, 4.69) is 10.6 Å². The molecule has 0 saturated heterocycles. The van der Waals surface area contributed by atoms with Crippen molar-refractivity contribution in [2.45, 2.75) is 63.8 Å². The van der Waals surface area contributed by atoms with Crippen LogP contribution >= 0.6 is 0 Å². The molecule has 2 aromatic rings. The van der Waals surface area contributed by atoms with Crippen LogP contribution in [0.2, 0.25) is 0 Å². The minimum absolute atomic E-state index is 0.0600. The minimum atomic E-state index is -0.246. The Morgan fingerprint density at radius 2 is 1.12 bits per heavy atom. The molecule has 34 heavy (non-hydrogen) atoms. The van der Waals surface area contributed by atoms with Crippen LogP contribution in [0.4, 0.5) is 0 Å². The van der Waals surface area contributed by atoms with Crippen LogP contribution in [0.25, 0.3) is 0 Å². The second kappa shape index (κ2) is 11.1. The van der Waals surface area contributed by atoms with E-state index >= 15 is 0 Å². The normalized spacial score (nSPS) is 20.1. The van der Waals surface area contributed by atoms with Crippen LogP contribution in [0.3, 0.4) is 0 Å². The molecule has 8 heteroatoms. The standard InChI is InChI=1S/C26H32N2O6/c1-17(23-15-31-19-9-3-5-11-21(19)33-23)27-25(29)13-7-8-14-26(30)28-18(2)24-16-32-20-10-4-6-12-22(20)34-24/h3-6,9-12,17-18,23-24H,7-8,13-16H2,1-2H3,(H,27,29)(H,28,30)/t17-,18+,23-,24-/m0/s1. The summed E-state index contributed by atoms with van der Waals surface area (Å²) in [4.78, 5) is 24.7. The SMILES string of the molecule is C[C@H](NC(=O)CCCCC(=O)N[C@H](C)[C@@H]1COc2ccccc2O1)[C@@H]1COc2ccccc2O1. The van der Waals surface area contributed by atoms with Crippen molar-refractivity contribution in [3.63, 3.8) is 0 Å². The monoisotopic (exact) mass is 468 g/mol. The van der Waals surface area contributed by atoms with Gasteiger partial charge >= 0.3 is 0 Å². The molecule has 2 heterocycles. The molecular weight excluding hydrogens is 436 g/mol. The number of hydrogen-bond acceptors (Lipinski definition) is 6. The van der Waals surface area contributed by atoms with Gasteiger partial charge in [0, 0.05) is 12.8 Å². The molecule has 2 N–H and O–H groups in total. The summed E-state index contributed by atoms with van der Waals surface area (Å²) in [6.07, 6.45) is 1.47. The van der Waals surface area contributed by atoms with Crippen molar-refractivity contribution < 1.29 is 28.5 Å². The minimum Gasteiger partial charge on any atom is -0.486 e. The molecule has 8 nitrogen and oxygen atoms in total. The maximum Gasteiger partial charge on any atom is 0.220 e. The fourth-order valence-corrected chi connectivity index (χ4v) is 3.97. The lowest BCUT2D eigenvalue weighted by molar-refractivity contribution is -0.124. The van der Waals surface area contributed by atoms with Crippen molar-refractivity contribution in [1.29, 1.82) is 0 Å². The van der Waals surface area contributed by atoms with Gasteiger partial charge in [-0.05, 0) is 51.0 Å². The molecule has 4 rings (SSSR count). The summed E-state index contributed by atoms with van der Waals surface area (Å²) in [7, 11) is 0. The van der Waals surface area contributed by atoms with Crippen LogP contribution in [0.5, 0.6) is 23.0 Å². The largest absolute Gasteiger partial charge is 0.486 e. The first kappa shape index (κ1) is 23.7. The maximum absolute atomic E-state index is 12.3. The fourth-order valence-electron chi connectivity index (χ4n) is 3.97. The number of benzene rings is 2. The van der Waals surface area contributed by atoms with E-state index in [9.17, 15) is 9.59 Å². The van der Waals surface area contributed by atoms with E-state index in [0.29, 0.717) is 50.4 Å². The highest BCUT2D eigenvalue weighted by Gasteiger charge is 2.28. The number of hydrogen-bond donors (Lipinski definition) is 2. The Bertz CT molecular complexity index is 917. The molecule has 0 fully saturated rings. The van der Waals surface area contributed by atoms with E-state index in [1.165, 1.54) is 0 Å². The molecule has 2 aliphatic heterocycles. The number of para-hydroxylation sites is 4. The zero-order valence-electron chi connectivity index (χ0n) is 19.6. The summed E-state index contributed by atoms with van der Waals surface area (Å²) in [5.41, 5.74) is 0. The number of amides is 2. The van der Waals surface area contributed by atoms with Gasteiger partial charge in [-0.1, -0.05) is 24.3 Å². The molecule has 2 aromatic carbocycles. The Morgan fingerprint density at radius 1 is 0.735 bits per heavy atom. The molecule has 0 bridgehead atoms. The molecule has 0 aromatic heterocycles. The van der Waals surface area contributed by atoms with Gasteiger partial charge in [0.05, 0.1) is 12.1 Å². The Hall–Kier alpha value is -3.42. The number of carbonyl (C=O) groups is 2. The predicted molar refractivity (Wildman–Crippen MR) is 126 cm³/mol. The zero-order chi connectivity index (χ0) is 23.9. The highest BCUT2D eigenvalue weighted by molar-refractivity contribution is 5.77. The number of rotatable bonds is 9. The maximum atomic E-state index is 12.3. The third-order valence-electron chi connectivity index (χ3n) is 6.01. The summed E-state index contributed by atoms with van der Waals surface area (Å²) >= 11 is 0. The molecular formula is C26H32N2O6. The van der Waals surface area contributed by atoms with Gasteiger partial charge in [0.15, 0.2) is 35.2 Å². The Morgan fingerprint density at radius 3 is 1.53 bits per heavy atom. The lowest BCUT2D eigenvalue weighted by atomic mass is 10.1. The van der Waals surface area contributed by atoms with Gasteiger partial charge in [-0.2, -0.15) is 0 Å². The smallest absolute Gasteiger partial charge is 0.220 e.